The topological polar surface area (TPSA) is 14.8 Å². The Morgan fingerprint density at radius 3 is 1.06 bits per heavy atom. The summed E-state index contributed by atoms with van der Waals surface area (Å²) < 4.78 is 64.8. The van der Waals surface area contributed by atoms with Crippen molar-refractivity contribution in [2.24, 2.45) is 0 Å². The van der Waals surface area contributed by atoms with Crippen molar-refractivity contribution in [3.05, 3.63) is 162 Å². The molecule has 3 aromatic heterocycles. The molecule has 0 N–H and O–H groups in total. The number of nitrogens with zero attached hydrogens (tertiary/aromatic N) is 3. The van der Waals surface area contributed by atoms with Crippen LogP contribution in [0.3, 0.4) is 0 Å². The maximum atomic E-state index is 14.6. The highest BCUT2D eigenvalue weighted by atomic mass is 19.1. The molecule has 0 fully saturated rings. The van der Waals surface area contributed by atoms with Gasteiger partial charge in [-0.3, -0.25) is 0 Å². The number of para-hydroxylation sites is 1. The second kappa shape index (κ2) is 10.1. The van der Waals surface area contributed by atoms with E-state index in [9.17, 15) is 17.6 Å². The highest BCUT2D eigenvalue weighted by Crippen LogP contribution is 2.44. The third kappa shape index (κ3) is 3.94. The minimum Gasteiger partial charge on any atom is -0.309 e. The van der Waals surface area contributed by atoms with Gasteiger partial charge in [0.2, 0.25) is 0 Å². The quantitative estimate of drug-likeness (QED) is 0.166. The van der Waals surface area contributed by atoms with E-state index in [4.69, 9.17) is 0 Å². The molecule has 7 heteroatoms. The second-order valence-corrected chi connectivity index (χ2v) is 13.5. The minimum absolute atomic E-state index is 0.373. The van der Waals surface area contributed by atoms with E-state index in [2.05, 4.69) is 50.1 Å². The van der Waals surface area contributed by atoms with Crippen LogP contribution in [0.2, 0.25) is 0 Å². The number of hydrogen-bond acceptors (Lipinski definition) is 0. The zero-order valence-electron chi connectivity index (χ0n) is 26.9. The molecule has 0 saturated heterocycles. The van der Waals surface area contributed by atoms with Gasteiger partial charge >= 0.3 is 0 Å². The van der Waals surface area contributed by atoms with Gasteiger partial charge in [0.15, 0.2) is 0 Å². The van der Waals surface area contributed by atoms with Gasteiger partial charge in [-0.1, -0.05) is 18.2 Å². The fraction of sp³-hybridized carbons (Fsp3) is 0.0455. The van der Waals surface area contributed by atoms with E-state index in [-0.39, 0.29) is 23.3 Å². The molecular weight excluding hydrogens is 646 g/mol. The average molecular weight is 672 g/mol. The van der Waals surface area contributed by atoms with Crippen molar-refractivity contribution in [3.8, 4) is 17.1 Å². The van der Waals surface area contributed by atoms with Crippen LogP contribution in [-0.4, -0.2) is 13.7 Å². The van der Waals surface area contributed by atoms with E-state index >= 15 is 0 Å². The van der Waals surface area contributed by atoms with Crippen molar-refractivity contribution in [2.45, 2.75) is 12.8 Å². The Morgan fingerprint density at radius 1 is 0.333 bits per heavy atom. The van der Waals surface area contributed by atoms with Gasteiger partial charge in [0.1, 0.15) is 23.3 Å². The van der Waals surface area contributed by atoms with Crippen molar-refractivity contribution < 1.29 is 17.6 Å². The van der Waals surface area contributed by atoms with Gasteiger partial charge < -0.3 is 13.7 Å². The summed E-state index contributed by atoms with van der Waals surface area (Å²) in [6.45, 7) is 0. The fourth-order valence-electron chi connectivity index (χ4n) is 8.67. The van der Waals surface area contributed by atoms with Gasteiger partial charge in [0, 0.05) is 49.4 Å². The predicted octanol–water partition coefficient (Wildman–Crippen LogP) is 11.6. The summed E-state index contributed by atoms with van der Waals surface area (Å²) in [5.41, 5.74) is 10.4. The molecule has 1 aliphatic carbocycles. The summed E-state index contributed by atoms with van der Waals surface area (Å²) in [5.74, 6) is -1.49. The highest BCUT2D eigenvalue weighted by Gasteiger charge is 2.26. The Balaban J connectivity index is 1.26. The molecule has 7 aromatic carbocycles. The molecular formula is C44H25F4N3. The first-order valence-corrected chi connectivity index (χ1v) is 16.9. The predicted molar refractivity (Wildman–Crippen MR) is 197 cm³/mol. The van der Waals surface area contributed by atoms with Gasteiger partial charge in [-0.05, 0) is 133 Å². The van der Waals surface area contributed by atoms with Crippen LogP contribution in [0.15, 0.2) is 127 Å². The summed E-state index contributed by atoms with van der Waals surface area (Å²) in [6, 6.07) is 37.8. The van der Waals surface area contributed by atoms with Crippen molar-refractivity contribution >= 4 is 65.4 Å². The van der Waals surface area contributed by atoms with Gasteiger partial charge in [0.25, 0.3) is 0 Å². The number of benzene rings is 7. The molecule has 51 heavy (non-hydrogen) atoms. The Bertz CT molecular complexity index is 2820. The number of rotatable bonds is 3. The van der Waals surface area contributed by atoms with Crippen molar-refractivity contribution in [1.82, 2.24) is 13.7 Å². The Hall–Kier alpha value is -6.34. The number of halogens is 4. The lowest BCUT2D eigenvalue weighted by Crippen LogP contribution is -2.03. The first kappa shape index (κ1) is 28.5. The Morgan fingerprint density at radius 2 is 0.686 bits per heavy atom. The van der Waals surface area contributed by atoms with Crippen LogP contribution in [-0.2, 0) is 12.8 Å². The van der Waals surface area contributed by atoms with Crippen molar-refractivity contribution in [3.63, 3.8) is 0 Å². The van der Waals surface area contributed by atoms with E-state index in [0.29, 0.717) is 21.5 Å². The molecule has 244 valence electrons. The van der Waals surface area contributed by atoms with Crippen LogP contribution in [0.1, 0.15) is 11.1 Å². The normalized spacial score (nSPS) is 12.9. The monoisotopic (exact) mass is 671 g/mol. The number of aromatic nitrogens is 3. The van der Waals surface area contributed by atoms with Crippen molar-refractivity contribution in [2.75, 3.05) is 0 Å². The molecule has 0 amide bonds. The van der Waals surface area contributed by atoms with Crippen LogP contribution < -0.4 is 0 Å². The van der Waals surface area contributed by atoms with Crippen LogP contribution in [0.5, 0.6) is 0 Å². The van der Waals surface area contributed by atoms with E-state index in [1.54, 1.807) is 24.3 Å². The smallest absolute Gasteiger partial charge is 0.123 e. The summed E-state index contributed by atoms with van der Waals surface area (Å²) in [7, 11) is 0. The average Bonchev–Trinajstić information content (AvgIpc) is 3.75. The van der Waals surface area contributed by atoms with Gasteiger partial charge in [-0.25, -0.2) is 17.6 Å². The SMILES string of the molecule is Fc1ccc2c(c1)c1cc(F)ccc1n2-c1cc2c3c4c(cc(-n5c6ccc(F)cc6c6cc(F)ccc65)cc4n(-c4ccccc4)c3c1)CC2. The second-order valence-electron chi connectivity index (χ2n) is 13.5. The lowest BCUT2D eigenvalue weighted by molar-refractivity contribution is 0.628. The standard InChI is InChI=1S/C44H25F4N3/c45-26-8-12-37-33(18-26)34-19-27(46)9-13-38(34)50(37)31-16-24-6-7-25-17-32(23-42-44(25)43(24)41(22-31)49(42)30-4-2-1-3-5-30)51-39-14-10-28(47)20-35(39)36-21-29(48)11-15-40(36)51/h1-5,8-23H,6-7H2. The third-order valence-corrected chi connectivity index (χ3v) is 10.7. The summed E-state index contributed by atoms with van der Waals surface area (Å²) in [5, 5.41) is 4.96. The minimum atomic E-state index is -0.373. The highest BCUT2D eigenvalue weighted by molar-refractivity contribution is 6.16. The molecule has 0 radical (unpaired) electrons. The molecule has 0 aliphatic heterocycles. The Labute approximate surface area is 287 Å². The molecule has 0 saturated carbocycles. The summed E-state index contributed by atoms with van der Waals surface area (Å²) in [4.78, 5) is 0. The van der Waals surface area contributed by atoms with E-state index in [1.807, 2.05) is 18.2 Å². The first-order chi connectivity index (χ1) is 24.9. The molecule has 10 aromatic rings. The Kier molecular flexibility index (Phi) is 5.65. The number of aryl methyl sites for hydroxylation is 2. The molecule has 1 aliphatic rings. The fourth-order valence-corrected chi connectivity index (χ4v) is 8.67. The van der Waals surface area contributed by atoms with Crippen LogP contribution in [0, 0.1) is 23.3 Å². The molecule has 0 bridgehead atoms. The maximum Gasteiger partial charge on any atom is 0.123 e. The molecule has 11 rings (SSSR count). The number of fused-ring (bicyclic) bond motifs is 6. The van der Waals surface area contributed by atoms with Gasteiger partial charge in [0.05, 0.1) is 33.1 Å². The van der Waals surface area contributed by atoms with Gasteiger partial charge in [-0.15, -0.1) is 0 Å². The van der Waals surface area contributed by atoms with Crippen molar-refractivity contribution in [1.29, 1.82) is 0 Å². The van der Waals surface area contributed by atoms with Crippen LogP contribution >= 0.6 is 0 Å². The molecule has 3 nitrogen and oxygen atoms in total. The summed E-state index contributed by atoms with van der Waals surface area (Å²) in [6.07, 6.45) is 1.58. The number of hydrogen-bond donors (Lipinski definition) is 0. The third-order valence-electron chi connectivity index (χ3n) is 10.7. The van der Waals surface area contributed by atoms with E-state index in [1.165, 1.54) is 70.4 Å². The zero-order valence-corrected chi connectivity index (χ0v) is 26.9. The van der Waals surface area contributed by atoms with E-state index in [0.717, 1.165) is 63.0 Å². The van der Waals surface area contributed by atoms with Crippen LogP contribution in [0.4, 0.5) is 17.6 Å². The molecule has 0 atom stereocenters. The first-order valence-electron chi connectivity index (χ1n) is 16.9. The molecule has 0 spiro atoms. The van der Waals surface area contributed by atoms with Crippen LogP contribution in [0.25, 0.3) is 82.5 Å². The molecule has 3 heterocycles. The lowest BCUT2D eigenvalue weighted by atomic mass is 9.90. The summed E-state index contributed by atoms with van der Waals surface area (Å²) >= 11 is 0. The maximum absolute atomic E-state index is 14.6. The molecule has 0 unspecified atom stereocenters. The zero-order chi connectivity index (χ0) is 34.1. The lowest BCUT2D eigenvalue weighted by Gasteiger charge is -2.17. The van der Waals surface area contributed by atoms with Gasteiger partial charge in [-0.2, -0.15) is 0 Å². The largest absolute Gasteiger partial charge is 0.309 e. The van der Waals surface area contributed by atoms with E-state index < -0.39 is 0 Å².